The maximum absolute atomic E-state index is 13.1. The Morgan fingerprint density at radius 3 is 1.97 bits per heavy atom. The molecule has 2 rings (SSSR count). The van der Waals surface area contributed by atoms with Gasteiger partial charge in [-0.05, 0) is 33.6 Å². The average Bonchev–Trinajstić information content (AvgIpc) is 2.74. The molecular formula is C24H30O9. The number of ether oxygens (including phenoxy) is 2. The minimum atomic E-state index is -1.62. The third-order valence-electron chi connectivity index (χ3n) is 5.57. The van der Waals surface area contributed by atoms with Crippen molar-refractivity contribution in [1.82, 2.24) is 0 Å². The number of hydrogen-bond acceptors (Lipinski definition) is 9. The minimum Gasteiger partial charge on any atom is -0.510 e. The van der Waals surface area contributed by atoms with E-state index in [9.17, 15) is 34.8 Å². The van der Waals surface area contributed by atoms with Crippen LogP contribution in [0.15, 0.2) is 22.9 Å². The number of carbonyl (C=O) groups excluding carboxylic acids is 3. The number of aliphatic hydroxyl groups is 2. The zero-order valence-corrected chi connectivity index (χ0v) is 19.7. The maximum atomic E-state index is 13.1. The summed E-state index contributed by atoms with van der Waals surface area (Å²) in [6.45, 7) is 7.62. The Hall–Kier alpha value is -3.49. The molecule has 1 aromatic carbocycles. The maximum Gasteiger partial charge on any atom is 0.215 e. The van der Waals surface area contributed by atoms with Crippen LogP contribution in [0.3, 0.4) is 0 Å². The van der Waals surface area contributed by atoms with Gasteiger partial charge in [-0.2, -0.15) is 0 Å². The van der Waals surface area contributed by atoms with Crippen LogP contribution in [0.5, 0.6) is 23.0 Å². The molecule has 0 fully saturated rings. The molecule has 0 amide bonds. The van der Waals surface area contributed by atoms with E-state index in [1.807, 2.05) is 0 Å². The molecule has 0 bridgehead atoms. The summed E-state index contributed by atoms with van der Waals surface area (Å²) in [5, 5.41) is 42.6. The molecule has 0 unspecified atom stereocenters. The molecule has 0 atom stereocenters. The highest BCUT2D eigenvalue weighted by molar-refractivity contribution is 6.10. The first-order chi connectivity index (χ1) is 15.4. The Balaban J connectivity index is 2.80. The molecule has 0 saturated carbocycles. The lowest BCUT2D eigenvalue weighted by atomic mass is 9.77. The molecular weight excluding hydrogens is 432 g/mol. The molecule has 1 aromatic rings. The monoisotopic (exact) mass is 462 g/mol. The second-order valence-corrected chi connectivity index (χ2v) is 8.36. The number of carbonyl (C=O) groups is 3. The number of methoxy groups -OCH3 is 1. The first-order valence-corrected chi connectivity index (χ1v) is 10.6. The molecule has 0 saturated heterocycles. The van der Waals surface area contributed by atoms with Gasteiger partial charge in [0.1, 0.15) is 22.6 Å². The van der Waals surface area contributed by atoms with Gasteiger partial charge in [-0.1, -0.05) is 13.8 Å². The lowest BCUT2D eigenvalue weighted by Gasteiger charge is -2.30. The fourth-order valence-corrected chi connectivity index (χ4v) is 3.61. The van der Waals surface area contributed by atoms with Gasteiger partial charge in [0.25, 0.3) is 0 Å². The number of phenolic OH excluding ortho intramolecular Hbond substituents is 2. The largest absolute Gasteiger partial charge is 0.510 e. The molecule has 9 nitrogen and oxygen atoms in total. The summed E-state index contributed by atoms with van der Waals surface area (Å²) in [7, 11) is 1.23. The van der Waals surface area contributed by atoms with Crippen LogP contribution in [0.25, 0.3) is 0 Å². The van der Waals surface area contributed by atoms with Crippen LogP contribution in [0.4, 0.5) is 0 Å². The highest BCUT2D eigenvalue weighted by atomic mass is 16.5. The minimum absolute atomic E-state index is 0.00353. The second kappa shape index (κ2) is 9.56. The van der Waals surface area contributed by atoms with Crippen molar-refractivity contribution >= 4 is 17.3 Å². The number of phenols is 2. The average molecular weight is 462 g/mol. The standard InChI is InChI=1S/C24H30O9/c1-7-9-12(25)14-16(27)11(3)19(32-6)20(17(14)28)33-21-18(29)15(13(26)10-8-2)22(30)24(4,5)23(21)31/h27-30H,7-10H2,1-6H3. The first kappa shape index (κ1) is 25.8. The summed E-state index contributed by atoms with van der Waals surface area (Å²) in [4.78, 5) is 38.2. The van der Waals surface area contributed by atoms with Crippen molar-refractivity contribution < 1.29 is 44.3 Å². The van der Waals surface area contributed by atoms with Crippen LogP contribution in [0.2, 0.25) is 0 Å². The Kier molecular flexibility index (Phi) is 7.46. The zero-order chi connectivity index (χ0) is 25.2. The Bertz CT molecular complexity index is 1070. The Morgan fingerprint density at radius 1 is 0.909 bits per heavy atom. The highest BCUT2D eigenvalue weighted by Gasteiger charge is 2.47. The Labute approximate surface area is 192 Å². The number of aromatic hydroxyl groups is 2. The number of ketones is 3. The predicted molar refractivity (Wildman–Crippen MR) is 119 cm³/mol. The van der Waals surface area contributed by atoms with Gasteiger partial charge in [0.2, 0.25) is 17.3 Å². The van der Waals surface area contributed by atoms with Gasteiger partial charge in [0.05, 0.1) is 12.5 Å². The molecule has 180 valence electrons. The molecule has 0 heterocycles. The summed E-state index contributed by atoms with van der Waals surface area (Å²) in [6, 6.07) is 0. The van der Waals surface area contributed by atoms with Crippen molar-refractivity contribution in [3.63, 3.8) is 0 Å². The lowest BCUT2D eigenvalue weighted by molar-refractivity contribution is -0.126. The van der Waals surface area contributed by atoms with Crippen molar-refractivity contribution in [3.05, 3.63) is 34.0 Å². The van der Waals surface area contributed by atoms with Gasteiger partial charge in [0.15, 0.2) is 28.8 Å². The predicted octanol–water partition coefficient (Wildman–Crippen LogP) is 4.34. The molecule has 0 radical (unpaired) electrons. The summed E-state index contributed by atoms with van der Waals surface area (Å²) in [6.07, 6.45) is 0.911. The molecule has 9 heteroatoms. The van der Waals surface area contributed by atoms with Gasteiger partial charge in [-0.3, -0.25) is 14.4 Å². The number of aliphatic hydroxyl groups excluding tert-OH is 2. The fourth-order valence-electron chi connectivity index (χ4n) is 3.61. The molecule has 1 aliphatic rings. The number of rotatable bonds is 9. The van der Waals surface area contributed by atoms with Crippen LogP contribution >= 0.6 is 0 Å². The van der Waals surface area contributed by atoms with E-state index in [1.165, 1.54) is 27.9 Å². The topological polar surface area (TPSA) is 151 Å². The van der Waals surface area contributed by atoms with Crippen LogP contribution in [0, 0.1) is 12.3 Å². The van der Waals surface area contributed by atoms with Crippen molar-refractivity contribution in [1.29, 1.82) is 0 Å². The van der Waals surface area contributed by atoms with Gasteiger partial charge >= 0.3 is 0 Å². The highest BCUT2D eigenvalue weighted by Crippen LogP contribution is 2.50. The molecule has 0 aromatic heterocycles. The quantitative estimate of drug-likeness (QED) is 0.393. The number of benzene rings is 1. The fraction of sp³-hybridized carbons (Fsp3) is 0.458. The lowest BCUT2D eigenvalue weighted by Crippen LogP contribution is -2.37. The van der Waals surface area contributed by atoms with Gasteiger partial charge < -0.3 is 29.9 Å². The first-order valence-electron chi connectivity index (χ1n) is 10.6. The van der Waals surface area contributed by atoms with Gasteiger partial charge in [-0.25, -0.2) is 0 Å². The van der Waals surface area contributed by atoms with Crippen LogP contribution in [-0.2, 0) is 9.59 Å². The third kappa shape index (κ3) is 4.27. The van der Waals surface area contributed by atoms with E-state index in [2.05, 4.69) is 0 Å². The van der Waals surface area contributed by atoms with E-state index in [0.29, 0.717) is 12.8 Å². The van der Waals surface area contributed by atoms with Crippen molar-refractivity contribution in [3.8, 4) is 23.0 Å². The van der Waals surface area contributed by atoms with Crippen LogP contribution in [0.1, 0.15) is 69.3 Å². The van der Waals surface area contributed by atoms with Crippen LogP contribution in [-0.4, -0.2) is 44.9 Å². The number of hydrogen-bond donors (Lipinski definition) is 4. The van der Waals surface area contributed by atoms with E-state index in [0.717, 1.165) is 0 Å². The summed E-state index contributed by atoms with van der Waals surface area (Å²) in [5.41, 5.74) is -2.41. The molecule has 1 aliphatic carbocycles. The van der Waals surface area contributed by atoms with Gasteiger partial charge in [-0.15, -0.1) is 0 Å². The SMILES string of the molecule is CCCC(=O)C1=C(O)C(C)(C)C(=O)C(Oc2c(O)c(C(=O)CCC)c(O)c(C)c2OC)=C1O. The van der Waals surface area contributed by atoms with E-state index in [4.69, 9.17) is 9.47 Å². The summed E-state index contributed by atoms with van der Waals surface area (Å²) in [5.74, 6) is -6.13. The summed E-state index contributed by atoms with van der Waals surface area (Å²) >= 11 is 0. The van der Waals surface area contributed by atoms with Gasteiger partial charge in [0, 0.05) is 18.4 Å². The smallest absolute Gasteiger partial charge is 0.215 e. The van der Waals surface area contributed by atoms with E-state index in [-0.39, 0.29) is 24.2 Å². The summed E-state index contributed by atoms with van der Waals surface area (Å²) < 4.78 is 10.9. The molecule has 0 spiro atoms. The molecule has 4 N–H and O–H groups in total. The zero-order valence-electron chi connectivity index (χ0n) is 19.7. The van der Waals surface area contributed by atoms with E-state index in [1.54, 1.807) is 13.8 Å². The van der Waals surface area contributed by atoms with Crippen LogP contribution < -0.4 is 9.47 Å². The van der Waals surface area contributed by atoms with Crippen molar-refractivity contribution in [2.75, 3.05) is 7.11 Å². The number of allylic oxidation sites excluding steroid dienone is 3. The van der Waals surface area contributed by atoms with E-state index < -0.39 is 68.4 Å². The molecule has 33 heavy (non-hydrogen) atoms. The second-order valence-electron chi connectivity index (χ2n) is 8.36. The molecule has 0 aliphatic heterocycles. The van der Waals surface area contributed by atoms with Crippen molar-refractivity contribution in [2.24, 2.45) is 5.41 Å². The van der Waals surface area contributed by atoms with Crippen molar-refractivity contribution in [2.45, 2.75) is 60.3 Å². The number of Topliss-reactive ketones (excluding diaryl/α,β-unsaturated/α-hetero) is 3. The normalized spacial score (nSPS) is 15.6. The third-order valence-corrected chi connectivity index (χ3v) is 5.57. The Morgan fingerprint density at radius 2 is 1.45 bits per heavy atom. The van der Waals surface area contributed by atoms with E-state index >= 15 is 0 Å².